The van der Waals surface area contributed by atoms with E-state index in [1.54, 1.807) is 24.3 Å². The number of ketones is 1. The molecule has 90 valence electrons. The second kappa shape index (κ2) is 5.60. The lowest BCUT2D eigenvalue weighted by atomic mass is 10.1. The van der Waals surface area contributed by atoms with Gasteiger partial charge >= 0.3 is 0 Å². The molecule has 4 heteroatoms. The second-order valence-electron chi connectivity index (χ2n) is 3.59. The van der Waals surface area contributed by atoms with Crippen LogP contribution in [0.5, 0.6) is 11.5 Å². The van der Waals surface area contributed by atoms with Gasteiger partial charge in [-0.05, 0) is 36.4 Å². The Labute approximate surface area is 113 Å². The monoisotopic (exact) mass is 303 g/mol. The lowest BCUT2D eigenvalue weighted by Crippen LogP contribution is -1.99. The molecule has 2 aromatic carbocycles. The molecule has 2 aromatic rings. The molecule has 0 heterocycles. The Morgan fingerprint density at radius 1 is 1.11 bits per heavy atom. The van der Waals surface area contributed by atoms with E-state index in [4.69, 9.17) is 10.1 Å². The van der Waals surface area contributed by atoms with E-state index >= 15 is 0 Å². The van der Waals surface area contributed by atoms with Crippen molar-refractivity contribution < 1.29 is 9.53 Å². The Balaban J connectivity index is 2.21. The third kappa shape index (κ3) is 3.05. The molecule has 0 spiro atoms. The average molecular weight is 304 g/mol. The molecule has 0 saturated carbocycles. The highest BCUT2D eigenvalue weighted by Gasteiger charge is 2.04. The van der Waals surface area contributed by atoms with Gasteiger partial charge in [0.15, 0.2) is 0 Å². The predicted octanol–water partition coefficient (Wildman–Crippen LogP) is 4.07. The summed E-state index contributed by atoms with van der Waals surface area (Å²) in [5.41, 5.74) is 0.444. The van der Waals surface area contributed by atoms with Crippen molar-refractivity contribution in [3.8, 4) is 11.5 Å². The highest BCUT2D eigenvalue weighted by atomic mass is 79.9. The fourth-order valence-corrected chi connectivity index (χ4v) is 1.70. The predicted molar refractivity (Wildman–Crippen MR) is 73.8 cm³/mol. The van der Waals surface area contributed by atoms with Crippen LogP contribution in [0.2, 0.25) is 0 Å². The molecule has 0 bridgehead atoms. The lowest BCUT2D eigenvalue weighted by Gasteiger charge is -2.06. The van der Waals surface area contributed by atoms with Gasteiger partial charge in [0.1, 0.15) is 11.5 Å². The van der Waals surface area contributed by atoms with Gasteiger partial charge in [-0.1, -0.05) is 28.1 Å². The number of halogens is 1. The number of hydrogen-bond acceptors (Lipinski definition) is 3. The van der Waals surface area contributed by atoms with E-state index in [2.05, 4.69) is 15.9 Å². The maximum atomic E-state index is 11.4. The molecule has 0 saturated heterocycles. The number of hydrogen-bond donors (Lipinski definition) is 1. The van der Waals surface area contributed by atoms with Crippen LogP contribution >= 0.6 is 15.9 Å². The summed E-state index contributed by atoms with van der Waals surface area (Å²) in [6, 6.07) is 14.2. The number of rotatable bonds is 4. The number of nitrogens with one attached hydrogen (secondary N) is 1. The minimum Gasteiger partial charge on any atom is -0.457 e. The molecule has 0 unspecified atom stereocenters. The van der Waals surface area contributed by atoms with Crippen LogP contribution in [0.3, 0.4) is 0 Å². The highest BCUT2D eigenvalue weighted by Crippen LogP contribution is 2.23. The smallest absolute Gasteiger partial charge is 0.203 e. The van der Waals surface area contributed by atoms with E-state index < -0.39 is 0 Å². The van der Waals surface area contributed by atoms with E-state index in [-0.39, 0.29) is 5.78 Å². The molecule has 0 aromatic heterocycles. The molecule has 3 nitrogen and oxygen atoms in total. The second-order valence-corrected chi connectivity index (χ2v) is 4.51. The molecule has 18 heavy (non-hydrogen) atoms. The first kappa shape index (κ1) is 12.5. The van der Waals surface area contributed by atoms with Gasteiger partial charge in [0.25, 0.3) is 0 Å². The van der Waals surface area contributed by atoms with Crippen LogP contribution in [0.1, 0.15) is 10.4 Å². The van der Waals surface area contributed by atoms with Crippen LogP contribution in [0.25, 0.3) is 0 Å². The summed E-state index contributed by atoms with van der Waals surface area (Å²) in [6.45, 7) is 0. The van der Waals surface area contributed by atoms with Gasteiger partial charge in [-0.3, -0.25) is 4.79 Å². The highest BCUT2D eigenvalue weighted by molar-refractivity contribution is 9.10. The third-order valence-corrected chi connectivity index (χ3v) is 2.83. The van der Waals surface area contributed by atoms with Crippen LogP contribution in [0, 0.1) is 5.41 Å². The summed E-state index contributed by atoms with van der Waals surface area (Å²) in [6.07, 6.45) is 0.790. The van der Waals surface area contributed by atoms with E-state index in [0.717, 1.165) is 10.7 Å². The minimum atomic E-state index is -0.337. The van der Waals surface area contributed by atoms with Crippen molar-refractivity contribution >= 4 is 27.9 Å². The van der Waals surface area contributed by atoms with Crippen LogP contribution in [-0.4, -0.2) is 12.0 Å². The largest absolute Gasteiger partial charge is 0.457 e. The SMILES string of the molecule is N=CC(=O)c1cccc(Oc2ccc(Br)cc2)c1. The summed E-state index contributed by atoms with van der Waals surface area (Å²) < 4.78 is 6.60. The lowest BCUT2D eigenvalue weighted by molar-refractivity contribution is 0.107. The molecule has 0 amide bonds. The molecule has 0 aliphatic carbocycles. The summed E-state index contributed by atoms with van der Waals surface area (Å²) in [5.74, 6) is 0.930. The molecule has 0 fully saturated rings. The quantitative estimate of drug-likeness (QED) is 0.683. The summed E-state index contributed by atoms with van der Waals surface area (Å²) in [5, 5.41) is 6.94. The number of carbonyl (C=O) groups is 1. The zero-order valence-corrected chi connectivity index (χ0v) is 11.0. The maximum Gasteiger partial charge on any atom is 0.203 e. The average Bonchev–Trinajstić information content (AvgIpc) is 2.41. The Morgan fingerprint density at radius 2 is 1.83 bits per heavy atom. The maximum absolute atomic E-state index is 11.4. The van der Waals surface area contributed by atoms with E-state index in [0.29, 0.717) is 17.1 Å². The number of carbonyl (C=O) groups excluding carboxylic acids is 1. The van der Waals surface area contributed by atoms with Gasteiger partial charge in [-0.15, -0.1) is 0 Å². The molecular formula is C14H10BrNO2. The Morgan fingerprint density at radius 3 is 2.50 bits per heavy atom. The number of ether oxygens (including phenoxy) is 1. The molecule has 0 aliphatic rings. The van der Waals surface area contributed by atoms with Gasteiger partial charge in [0.05, 0.1) is 6.21 Å². The molecular weight excluding hydrogens is 294 g/mol. The van der Waals surface area contributed by atoms with Gasteiger partial charge in [0.2, 0.25) is 5.78 Å². The van der Waals surface area contributed by atoms with Crippen LogP contribution < -0.4 is 4.74 Å². The Bertz CT molecular complexity index is 579. The van der Waals surface area contributed by atoms with Crippen molar-refractivity contribution in [3.63, 3.8) is 0 Å². The van der Waals surface area contributed by atoms with Crippen LogP contribution in [0.4, 0.5) is 0 Å². The molecule has 0 atom stereocenters. The fraction of sp³-hybridized carbons (Fsp3) is 0. The van der Waals surface area contributed by atoms with Gasteiger partial charge in [-0.2, -0.15) is 0 Å². The summed E-state index contributed by atoms with van der Waals surface area (Å²) >= 11 is 3.35. The van der Waals surface area contributed by atoms with Crippen molar-refractivity contribution in [3.05, 3.63) is 58.6 Å². The molecule has 0 aliphatic heterocycles. The van der Waals surface area contributed by atoms with Gasteiger partial charge in [0, 0.05) is 10.0 Å². The first-order valence-corrected chi connectivity index (χ1v) is 6.06. The number of Topliss-reactive ketones (excluding diaryl/α,β-unsaturated/α-hetero) is 1. The third-order valence-electron chi connectivity index (χ3n) is 2.30. The van der Waals surface area contributed by atoms with Gasteiger partial charge in [-0.25, -0.2) is 0 Å². The van der Waals surface area contributed by atoms with Crippen LogP contribution in [-0.2, 0) is 0 Å². The van der Waals surface area contributed by atoms with Crippen molar-refractivity contribution in [1.82, 2.24) is 0 Å². The zero-order valence-electron chi connectivity index (χ0n) is 9.39. The van der Waals surface area contributed by atoms with Crippen molar-refractivity contribution in [2.45, 2.75) is 0 Å². The zero-order chi connectivity index (χ0) is 13.0. The molecule has 0 radical (unpaired) electrons. The summed E-state index contributed by atoms with van der Waals surface area (Å²) in [4.78, 5) is 11.4. The topological polar surface area (TPSA) is 50.2 Å². The standard InChI is InChI=1S/C14H10BrNO2/c15-11-4-6-12(7-5-11)18-13-3-1-2-10(8-13)14(17)9-16/h1-9,16H. The summed E-state index contributed by atoms with van der Waals surface area (Å²) in [7, 11) is 0. The first-order valence-electron chi connectivity index (χ1n) is 5.27. The van der Waals surface area contributed by atoms with E-state index in [9.17, 15) is 4.79 Å². The number of benzene rings is 2. The van der Waals surface area contributed by atoms with E-state index in [1.165, 1.54) is 0 Å². The minimum absolute atomic E-state index is 0.337. The molecule has 1 N–H and O–H groups in total. The Hall–Kier alpha value is -1.94. The van der Waals surface area contributed by atoms with Crippen molar-refractivity contribution in [2.24, 2.45) is 0 Å². The normalized spacial score (nSPS) is 9.83. The fourth-order valence-electron chi connectivity index (χ4n) is 1.43. The molecule has 2 rings (SSSR count). The van der Waals surface area contributed by atoms with E-state index in [1.807, 2.05) is 24.3 Å². The Kier molecular flexibility index (Phi) is 3.89. The van der Waals surface area contributed by atoms with Crippen molar-refractivity contribution in [1.29, 1.82) is 5.41 Å². The first-order chi connectivity index (χ1) is 8.69. The van der Waals surface area contributed by atoms with Crippen LogP contribution in [0.15, 0.2) is 53.0 Å². The van der Waals surface area contributed by atoms with Crippen molar-refractivity contribution in [2.75, 3.05) is 0 Å². The van der Waals surface area contributed by atoms with Gasteiger partial charge < -0.3 is 10.1 Å².